The zero-order valence-corrected chi connectivity index (χ0v) is 21.6. The van der Waals surface area contributed by atoms with Gasteiger partial charge in [-0.3, -0.25) is 14.5 Å². The summed E-state index contributed by atoms with van der Waals surface area (Å²) >= 11 is 1.50. The topological polar surface area (TPSA) is 65.5 Å². The molecule has 1 fully saturated rings. The van der Waals surface area contributed by atoms with Gasteiger partial charge in [-0.05, 0) is 35.7 Å². The molecule has 3 aromatic rings. The Balaban J connectivity index is 1.40. The fraction of sp³-hybridized carbons (Fsp3) is 0.321. The largest absolute Gasteiger partial charge is 0.379 e. The van der Waals surface area contributed by atoms with Crippen molar-refractivity contribution in [1.82, 2.24) is 14.8 Å². The maximum absolute atomic E-state index is 14.8. The minimum atomic E-state index is -0.633. The van der Waals surface area contributed by atoms with Crippen LogP contribution < -0.4 is 0 Å². The van der Waals surface area contributed by atoms with Crippen LogP contribution in [0.5, 0.6) is 0 Å². The minimum Gasteiger partial charge on any atom is -0.379 e. The van der Waals surface area contributed by atoms with Crippen LogP contribution in [0.1, 0.15) is 33.3 Å². The quantitative estimate of drug-likeness (QED) is 0.432. The molecule has 0 bridgehead atoms. The second-order valence-electron chi connectivity index (χ2n) is 9.19. The molecular weight excluding hydrogens is 510 g/mol. The molecule has 0 spiro atoms. The highest BCUT2D eigenvalue weighted by molar-refractivity contribution is 7.12. The predicted octanol–water partition coefficient (Wildman–Crippen LogP) is 4.18. The molecule has 3 heterocycles. The molecule has 7 nitrogen and oxygen atoms in total. The van der Waals surface area contributed by atoms with Crippen LogP contribution in [0.25, 0.3) is 0 Å². The summed E-state index contributed by atoms with van der Waals surface area (Å²) in [6, 6.07) is 15.0. The zero-order valence-electron chi connectivity index (χ0n) is 20.8. The van der Waals surface area contributed by atoms with Crippen molar-refractivity contribution >= 4 is 28.9 Å². The fourth-order valence-electron chi connectivity index (χ4n) is 4.70. The number of hydrogen-bond donors (Lipinski definition) is 0. The van der Waals surface area contributed by atoms with E-state index in [9.17, 15) is 18.4 Å². The molecule has 38 heavy (non-hydrogen) atoms. The van der Waals surface area contributed by atoms with Crippen LogP contribution in [-0.4, -0.2) is 78.3 Å². The number of ether oxygens (including phenoxy) is 1. The number of hydrogen-bond acceptors (Lipinski definition) is 6. The van der Waals surface area contributed by atoms with Crippen molar-refractivity contribution in [3.8, 4) is 0 Å². The van der Waals surface area contributed by atoms with Crippen molar-refractivity contribution in [3.05, 3.63) is 93.7 Å². The van der Waals surface area contributed by atoms with Gasteiger partial charge in [0, 0.05) is 43.7 Å². The molecule has 10 heteroatoms. The van der Waals surface area contributed by atoms with E-state index < -0.39 is 29.5 Å². The number of carbonyl (C=O) groups is 2. The molecule has 1 aromatic heterocycles. The number of rotatable bonds is 8. The number of benzene rings is 2. The number of nitrogens with zero attached hydrogens (tertiary/aromatic N) is 4. The van der Waals surface area contributed by atoms with Crippen LogP contribution in [-0.2, 0) is 9.53 Å². The van der Waals surface area contributed by atoms with Crippen molar-refractivity contribution in [3.63, 3.8) is 0 Å². The Kier molecular flexibility index (Phi) is 8.21. The van der Waals surface area contributed by atoms with E-state index in [0.717, 1.165) is 18.0 Å². The molecule has 5 rings (SSSR count). The molecule has 198 valence electrons. The molecule has 1 atom stereocenters. The van der Waals surface area contributed by atoms with Crippen molar-refractivity contribution in [2.24, 2.45) is 5.10 Å². The minimum absolute atomic E-state index is 0.162. The second-order valence-corrected chi connectivity index (χ2v) is 10.1. The Morgan fingerprint density at radius 2 is 1.87 bits per heavy atom. The van der Waals surface area contributed by atoms with Crippen molar-refractivity contribution < 1.29 is 23.1 Å². The Bertz CT molecular complexity index is 1310. The molecule has 0 radical (unpaired) electrons. The lowest BCUT2D eigenvalue weighted by Crippen LogP contribution is -2.46. The molecule has 2 aliphatic rings. The smallest absolute Gasteiger partial charge is 0.262 e. The van der Waals surface area contributed by atoms with Gasteiger partial charge >= 0.3 is 0 Å². The van der Waals surface area contributed by atoms with Gasteiger partial charge in [0.25, 0.3) is 11.8 Å². The van der Waals surface area contributed by atoms with Gasteiger partial charge in [-0.25, -0.2) is 13.8 Å². The highest BCUT2D eigenvalue weighted by atomic mass is 32.1. The zero-order chi connectivity index (χ0) is 26.5. The van der Waals surface area contributed by atoms with E-state index in [1.165, 1.54) is 51.6 Å². The first kappa shape index (κ1) is 26.1. The third-order valence-electron chi connectivity index (χ3n) is 6.71. The standard InChI is InChI=1S/C28H28F2N4O3S/c29-21-6-3-5-20(17-21)28(36)33(11-10-32-12-14-37-15-13-32)19-27(35)34-25(22-7-1-2-8-23(22)30)18-24(31-34)26-9-4-16-38-26/h1-9,16-17,25H,10-15,18-19H2/t25-/m1/s1. The third-order valence-corrected chi connectivity index (χ3v) is 7.63. The summed E-state index contributed by atoms with van der Waals surface area (Å²) in [4.78, 5) is 31.6. The highest BCUT2D eigenvalue weighted by Crippen LogP contribution is 2.35. The average molecular weight is 539 g/mol. The number of hydrazone groups is 1. The van der Waals surface area contributed by atoms with E-state index in [1.807, 2.05) is 17.5 Å². The maximum atomic E-state index is 14.8. The first-order chi connectivity index (χ1) is 18.5. The Hall–Kier alpha value is -3.47. The number of carbonyl (C=O) groups excluding carboxylic acids is 2. The highest BCUT2D eigenvalue weighted by Gasteiger charge is 2.36. The van der Waals surface area contributed by atoms with Gasteiger partial charge < -0.3 is 9.64 Å². The lowest BCUT2D eigenvalue weighted by atomic mass is 10.0. The lowest BCUT2D eigenvalue weighted by Gasteiger charge is -2.31. The van der Waals surface area contributed by atoms with Crippen molar-refractivity contribution in [2.75, 3.05) is 45.9 Å². The molecule has 2 amide bonds. The molecule has 1 saturated heterocycles. The normalized spacial score (nSPS) is 17.9. The molecule has 0 unspecified atom stereocenters. The number of halogens is 2. The first-order valence-electron chi connectivity index (χ1n) is 12.5. The summed E-state index contributed by atoms with van der Waals surface area (Å²) < 4.78 is 34.1. The molecule has 2 aromatic carbocycles. The van der Waals surface area contributed by atoms with Gasteiger partial charge in [0.2, 0.25) is 0 Å². The van der Waals surface area contributed by atoms with Gasteiger partial charge in [-0.15, -0.1) is 11.3 Å². The monoisotopic (exact) mass is 538 g/mol. The number of amides is 2. The van der Waals surface area contributed by atoms with Crippen LogP contribution in [0.3, 0.4) is 0 Å². The van der Waals surface area contributed by atoms with Crippen LogP contribution >= 0.6 is 11.3 Å². The van der Waals surface area contributed by atoms with Crippen molar-refractivity contribution in [1.29, 1.82) is 0 Å². The van der Waals surface area contributed by atoms with Crippen LogP contribution in [0.4, 0.5) is 8.78 Å². The summed E-state index contributed by atoms with van der Waals surface area (Å²) in [6.45, 7) is 3.20. The third kappa shape index (κ3) is 5.98. The maximum Gasteiger partial charge on any atom is 0.262 e. The van der Waals surface area contributed by atoms with E-state index in [0.29, 0.717) is 37.5 Å². The van der Waals surface area contributed by atoms with E-state index in [-0.39, 0.29) is 18.7 Å². The van der Waals surface area contributed by atoms with Crippen LogP contribution in [0.2, 0.25) is 0 Å². The Morgan fingerprint density at radius 1 is 1.05 bits per heavy atom. The van der Waals surface area contributed by atoms with E-state index >= 15 is 0 Å². The van der Waals surface area contributed by atoms with E-state index in [2.05, 4.69) is 10.0 Å². The molecule has 0 N–H and O–H groups in total. The second kappa shape index (κ2) is 11.9. The predicted molar refractivity (Wildman–Crippen MR) is 141 cm³/mol. The Labute approximate surface area is 223 Å². The van der Waals surface area contributed by atoms with Gasteiger partial charge in [0.1, 0.15) is 18.2 Å². The van der Waals surface area contributed by atoms with Gasteiger partial charge in [0.15, 0.2) is 0 Å². The van der Waals surface area contributed by atoms with Crippen LogP contribution in [0.15, 0.2) is 71.1 Å². The summed E-state index contributed by atoms with van der Waals surface area (Å²) in [5.41, 5.74) is 1.22. The van der Waals surface area contributed by atoms with E-state index in [1.54, 1.807) is 18.2 Å². The SMILES string of the molecule is O=C(c1cccc(F)c1)N(CCN1CCOCC1)CC(=O)N1N=C(c2cccs2)C[C@@H]1c1ccccc1F. The van der Waals surface area contributed by atoms with E-state index in [4.69, 9.17) is 4.74 Å². The average Bonchev–Trinajstić information content (AvgIpc) is 3.62. The summed E-state index contributed by atoms with van der Waals surface area (Å²) in [5.74, 6) is -1.83. The van der Waals surface area contributed by atoms with Gasteiger partial charge in [-0.1, -0.05) is 30.3 Å². The number of thiophene rings is 1. The molecule has 2 aliphatic heterocycles. The molecule has 0 aliphatic carbocycles. The van der Waals surface area contributed by atoms with Gasteiger partial charge in [-0.2, -0.15) is 5.10 Å². The summed E-state index contributed by atoms with van der Waals surface area (Å²) in [7, 11) is 0. The fourth-order valence-corrected chi connectivity index (χ4v) is 5.42. The summed E-state index contributed by atoms with van der Waals surface area (Å²) in [5, 5.41) is 7.82. The number of morpholine rings is 1. The lowest BCUT2D eigenvalue weighted by molar-refractivity contribution is -0.133. The first-order valence-corrected chi connectivity index (χ1v) is 13.4. The van der Waals surface area contributed by atoms with Gasteiger partial charge in [0.05, 0.1) is 29.8 Å². The molecular formula is C28H28F2N4O3S. The van der Waals surface area contributed by atoms with Crippen LogP contribution in [0, 0.1) is 11.6 Å². The Morgan fingerprint density at radius 3 is 2.61 bits per heavy atom. The van der Waals surface area contributed by atoms with Crippen molar-refractivity contribution in [2.45, 2.75) is 12.5 Å². The molecule has 0 saturated carbocycles. The summed E-state index contributed by atoms with van der Waals surface area (Å²) in [6.07, 6.45) is 0.360.